The minimum atomic E-state index is 0. The summed E-state index contributed by atoms with van der Waals surface area (Å²) in [4.78, 5) is 6.89. The van der Waals surface area contributed by atoms with Gasteiger partial charge in [-0.1, -0.05) is 38.1 Å². The van der Waals surface area contributed by atoms with Crippen LogP contribution in [-0.2, 0) is 13.1 Å². The highest BCUT2D eigenvalue weighted by molar-refractivity contribution is 14.0. The first-order chi connectivity index (χ1) is 9.83. The Labute approximate surface area is 145 Å². The van der Waals surface area contributed by atoms with Crippen LogP contribution in [0.4, 0.5) is 0 Å². The van der Waals surface area contributed by atoms with E-state index in [1.807, 2.05) is 0 Å². The summed E-state index contributed by atoms with van der Waals surface area (Å²) >= 11 is 0. The largest absolute Gasteiger partial charge is 0.356 e. The van der Waals surface area contributed by atoms with Gasteiger partial charge in [0.1, 0.15) is 0 Å². The lowest BCUT2D eigenvalue weighted by Crippen LogP contribution is -2.40. The highest BCUT2D eigenvalue weighted by Crippen LogP contribution is 2.11. The molecule has 0 aromatic heterocycles. The Morgan fingerprint density at radius 3 is 2.52 bits per heavy atom. The zero-order chi connectivity index (χ0) is 14.2. The number of rotatable bonds is 6. The van der Waals surface area contributed by atoms with Crippen LogP contribution in [0.15, 0.2) is 29.3 Å². The first-order valence-corrected chi connectivity index (χ1v) is 7.64. The number of aliphatic imine (C=N–C) groups is 1. The van der Waals surface area contributed by atoms with Gasteiger partial charge in [-0.2, -0.15) is 0 Å². The number of halogens is 1. The lowest BCUT2D eigenvalue weighted by molar-refractivity contribution is 0.295. The number of guanidine groups is 1. The molecule has 1 aromatic rings. The SMILES string of the molecule is CCN(CC)Cc1ccccc1CNC1=NCCCN1.I. The summed E-state index contributed by atoms with van der Waals surface area (Å²) in [6, 6.07) is 8.66. The van der Waals surface area contributed by atoms with E-state index in [1.54, 1.807) is 0 Å². The van der Waals surface area contributed by atoms with E-state index < -0.39 is 0 Å². The molecule has 0 atom stereocenters. The van der Waals surface area contributed by atoms with Crippen LogP contribution >= 0.6 is 24.0 Å². The van der Waals surface area contributed by atoms with Crippen LogP contribution in [0.5, 0.6) is 0 Å². The summed E-state index contributed by atoms with van der Waals surface area (Å²) in [7, 11) is 0. The van der Waals surface area contributed by atoms with Gasteiger partial charge in [-0.25, -0.2) is 0 Å². The van der Waals surface area contributed by atoms with Crippen molar-refractivity contribution >= 4 is 29.9 Å². The molecule has 1 aliphatic rings. The van der Waals surface area contributed by atoms with Crippen molar-refractivity contribution in [2.45, 2.75) is 33.4 Å². The van der Waals surface area contributed by atoms with E-state index >= 15 is 0 Å². The number of hydrogen-bond acceptors (Lipinski definition) is 4. The van der Waals surface area contributed by atoms with Gasteiger partial charge in [0.2, 0.25) is 0 Å². The third-order valence-electron chi connectivity index (χ3n) is 3.75. The molecule has 0 amide bonds. The molecule has 0 saturated heterocycles. The molecule has 0 radical (unpaired) electrons. The second-order valence-electron chi connectivity index (χ2n) is 5.09. The van der Waals surface area contributed by atoms with Crippen LogP contribution in [0, 0.1) is 0 Å². The standard InChI is InChI=1S/C16H26N4.HI/c1-3-20(4-2)13-15-9-6-5-8-14(15)12-19-16-17-10-7-11-18-16;/h5-6,8-9H,3-4,7,10-13H2,1-2H3,(H2,17,18,19);1H. The molecule has 1 heterocycles. The van der Waals surface area contributed by atoms with Crippen LogP contribution in [0.25, 0.3) is 0 Å². The molecule has 0 spiro atoms. The van der Waals surface area contributed by atoms with Gasteiger partial charge < -0.3 is 10.6 Å². The van der Waals surface area contributed by atoms with Crippen LogP contribution in [-0.4, -0.2) is 37.0 Å². The Morgan fingerprint density at radius 1 is 1.19 bits per heavy atom. The van der Waals surface area contributed by atoms with Crippen molar-refractivity contribution in [3.05, 3.63) is 35.4 Å². The van der Waals surface area contributed by atoms with Gasteiger partial charge >= 0.3 is 0 Å². The van der Waals surface area contributed by atoms with Crippen molar-refractivity contribution < 1.29 is 0 Å². The summed E-state index contributed by atoms with van der Waals surface area (Å²) in [5.41, 5.74) is 2.76. The summed E-state index contributed by atoms with van der Waals surface area (Å²) in [5.74, 6) is 0.939. The molecule has 118 valence electrons. The normalized spacial score (nSPS) is 14.1. The van der Waals surface area contributed by atoms with E-state index in [1.165, 1.54) is 11.1 Å². The molecule has 2 rings (SSSR count). The maximum Gasteiger partial charge on any atom is 0.191 e. The fraction of sp³-hybridized carbons (Fsp3) is 0.562. The second kappa shape index (κ2) is 10.00. The van der Waals surface area contributed by atoms with Crippen molar-refractivity contribution in [3.8, 4) is 0 Å². The van der Waals surface area contributed by atoms with Crippen LogP contribution in [0.3, 0.4) is 0 Å². The van der Waals surface area contributed by atoms with E-state index in [2.05, 4.69) is 58.6 Å². The van der Waals surface area contributed by atoms with Gasteiger partial charge in [0.05, 0.1) is 0 Å². The van der Waals surface area contributed by atoms with Crippen molar-refractivity contribution in [2.75, 3.05) is 26.2 Å². The molecular weight excluding hydrogens is 375 g/mol. The molecule has 2 N–H and O–H groups in total. The predicted molar refractivity (Wildman–Crippen MR) is 100 cm³/mol. The number of nitrogens with zero attached hydrogens (tertiary/aromatic N) is 2. The third-order valence-corrected chi connectivity index (χ3v) is 3.75. The Bertz CT molecular complexity index is 444. The summed E-state index contributed by atoms with van der Waals surface area (Å²) in [6.45, 7) is 10.4. The molecule has 0 saturated carbocycles. The minimum Gasteiger partial charge on any atom is -0.356 e. The van der Waals surface area contributed by atoms with E-state index in [4.69, 9.17) is 0 Å². The Hall–Kier alpha value is -0.820. The molecule has 1 aromatic carbocycles. The van der Waals surface area contributed by atoms with Gasteiger partial charge in [0.15, 0.2) is 5.96 Å². The fourth-order valence-electron chi connectivity index (χ4n) is 2.40. The average Bonchev–Trinajstić information content (AvgIpc) is 2.52. The highest BCUT2D eigenvalue weighted by atomic mass is 127. The molecule has 0 aliphatic carbocycles. The third kappa shape index (κ3) is 5.82. The van der Waals surface area contributed by atoms with Gasteiger partial charge in [0.25, 0.3) is 0 Å². The smallest absolute Gasteiger partial charge is 0.191 e. The summed E-state index contributed by atoms with van der Waals surface area (Å²) < 4.78 is 0. The lowest BCUT2D eigenvalue weighted by Gasteiger charge is -2.21. The average molecular weight is 402 g/mol. The molecule has 0 unspecified atom stereocenters. The van der Waals surface area contributed by atoms with Crippen LogP contribution < -0.4 is 10.6 Å². The maximum atomic E-state index is 4.45. The first kappa shape index (κ1) is 18.2. The monoisotopic (exact) mass is 402 g/mol. The van der Waals surface area contributed by atoms with Crippen molar-refractivity contribution in [1.82, 2.24) is 15.5 Å². The topological polar surface area (TPSA) is 39.7 Å². The van der Waals surface area contributed by atoms with E-state index in [9.17, 15) is 0 Å². The first-order valence-electron chi connectivity index (χ1n) is 7.64. The fourth-order valence-corrected chi connectivity index (χ4v) is 2.40. The number of benzene rings is 1. The predicted octanol–water partition coefficient (Wildman–Crippen LogP) is 2.59. The van der Waals surface area contributed by atoms with Crippen molar-refractivity contribution in [1.29, 1.82) is 0 Å². The van der Waals surface area contributed by atoms with Gasteiger partial charge in [-0.15, -0.1) is 24.0 Å². The van der Waals surface area contributed by atoms with Gasteiger partial charge in [0, 0.05) is 26.2 Å². The van der Waals surface area contributed by atoms with Crippen molar-refractivity contribution in [3.63, 3.8) is 0 Å². The molecule has 0 bridgehead atoms. The van der Waals surface area contributed by atoms with E-state index in [-0.39, 0.29) is 24.0 Å². The summed E-state index contributed by atoms with van der Waals surface area (Å²) in [5, 5.41) is 6.71. The molecule has 5 heteroatoms. The highest BCUT2D eigenvalue weighted by Gasteiger charge is 2.08. The Kier molecular flexibility index (Phi) is 8.68. The Balaban J connectivity index is 0.00000220. The number of hydrogen-bond donors (Lipinski definition) is 2. The van der Waals surface area contributed by atoms with Gasteiger partial charge in [-0.05, 0) is 30.6 Å². The van der Waals surface area contributed by atoms with E-state index in [0.29, 0.717) is 0 Å². The van der Waals surface area contributed by atoms with Crippen LogP contribution in [0.2, 0.25) is 0 Å². The molecule has 1 aliphatic heterocycles. The minimum absolute atomic E-state index is 0. The second-order valence-corrected chi connectivity index (χ2v) is 5.09. The van der Waals surface area contributed by atoms with E-state index in [0.717, 1.165) is 51.6 Å². The summed E-state index contributed by atoms with van der Waals surface area (Å²) in [6.07, 6.45) is 1.13. The Morgan fingerprint density at radius 2 is 1.90 bits per heavy atom. The molecule has 21 heavy (non-hydrogen) atoms. The molecule has 0 fully saturated rings. The lowest BCUT2D eigenvalue weighted by atomic mass is 10.1. The van der Waals surface area contributed by atoms with Gasteiger partial charge in [-0.3, -0.25) is 9.89 Å². The number of nitrogens with one attached hydrogen (secondary N) is 2. The quantitative estimate of drug-likeness (QED) is 0.719. The van der Waals surface area contributed by atoms with Crippen LogP contribution in [0.1, 0.15) is 31.4 Å². The molecule has 4 nitrogen and oxygen atoms in total. The van der Waals surface area contributed by atoms with Crippen molar-refractivity contribution in [2.24, 2.45) is 4.99 Å². The zero-order valence-electron chi connectivity index (χ0n) is 13.1. The zero-order valence-corrected chi connectivity index (χ0v) is 15.4. The molecular formula is C16H27IN4. The maximum absolute atomic E-state index is 4.45.